The van der Waals surface area contributed by atoms with E-state index in [1.807, 2.05) is 24.3 Å². The van der Waals surface area contributed by atoms with Crippen molar-refractivity contribution in [1.29, 1.82) is 0 Å². The quantitative estimate of drug-likeness (QED) is 0.798. The summed E-state index contributed by atoms with van der Waals surface area (Å²) in [7, 11) is 1.62. The average molecular weight is 282 g/mol. The number of aromatic amines is 1. The maximum absolute atomic E-state index is 11.9. The minimum atomic E-state index is -0.260. The van der Waals surface area contributed by atoms with Gasteiger partial charge in [0, 0.05) is 12.3 Å². The van der Waals surface area contributed by atoms with Crippen LogP contribution < -0.4 is 15.0 Å². The zero-order valence-electron chi connectivity index (χ0n) is 11.5. The van der Waals surface area contributed by atoms with Crippen LogP contribution in [0, 0.1) is 0 Å². The summed E-state index contributed by atoms with van der Waals surface area (Å²) in [6.07, 6.45) is 1.67. The summed E-state index contributed by atoms with van der Waals surface area (Å²) in [6, 6.07) is 12.7. The number of nitrogens with zero attached hydrogens (tertiary/aromatic N) is 1. The summed E-state index contributed by atoms with van der Waals surface area (Å²) in [6.45, 7) is 0.311. The van der Waals surface area contributed by atoms with Gasteiger partial charge in [0.25, 0.3) is 5.56 Å². The summed E-state index contributed by atoms with van der Waals surface area (Å²) in [5.74, 6) is 1.04. The number of pyridine rings is 2. The van der Waals surface area contributed by atoms with Crippen LogP contribution >= 0.6 is 0 Å². The molecule has 0 amide bonds. The Morgan fingerprint density at radius 1 is 1.19 bits per heavy atom. The van der Waals surface area contributed by atoms with Crippen molar-refractivity contribution in [2.75, 3.05) is 7.11 Å². The third-order valence-corrected chi connectivity index (χ3v) is 3.13. The van der Waals surface area contributed by atoms with Crippen molar-refractivity contribution in [3.63, 3.8) is 0 Å². The fourth-order valence-corrected chi connectivity index (χ4v) is 2.00. The van der Waals surface area contributed by atoms with Gasteiger partial charge in [-0.15, -0.1) is 0 Å². The lowest BCUT2D eigenvalue weighted by molar-refractivity contribution is 0.302. The van der Waals surface area contributed by atoms with Crippen LogP contribution in [0.1, 0.15) is 5.56 Å². The second-order valence-electron chi connectivity index (χ2n) is 4.54. The minimum absolute atomic E-state index is 0.260. The summed E-state index contributed by atoms with van der Waals surface area (Å²) in [5.41, 5.74) is 2.08. The van der Waals surface area contributed by atoms with Crippen LogP contribution in [0.15, 0.2) is 53.5 Å². The number of benzene rings is 1. The van der Waals surface area contributed by atoms with Crippen LogP contribution in [-0.2, 0) is 6.61 Å². The largest absolute Gasteiger partial charge is 0.497 e. The zero-order valence-corrected chi connectivity index (χ0v) is 11.5. The van der Waals surface area contributed by atoms with Crippen LogP contribution in [-0.4, -0.2) is 17.1 Å². The molecular formula is C16H14N2O3. The lowest BCUT2D eigenvalue weighted by Gasteiger charge is -2.07. The molecule has 3 aromatic rings. The third-order valence-electron chi connectivity index (χ3n) is 3.13. The number of rotatable bonds is 4. The molecule has 0 unspecified atom stereocenters. The van der Waals surface area contributed by atoms with E-state index in [1.54, 1.807) is 31.5 Å². The maximum atomic E-state index is 11.9. The van der Waals surface area contributed by atoms with Gasteiger partial charge in [0.05, 0.1) is 18.1 Å². The molecule has 21 heavy (non-hydrogen) atoms. The Morgan fingerprint density at radius 2 is 2.00 bits per heavy atom. The molecular weight excluding hydrogens is 268 g/mol. The van der Waals surface area contributed by atoms with Crippen LogP contribution in [0.3, 0.4) is 0 Å². The SMILES string of the molecule is COc1ccc(COc2cc3ncccc3[nH]c2=O)cc1. The molecule has 2 heterocycles. The third kappa shape index (κ3) is 2.86. The predicted molar refractivity (Wildman–Crippen MR) is 79.7 cm³/mol. The van der Waals surface area contributed by atoms with Crippen molar-refractivity contribution in [3.8, 4) is 11.5 Å². The Morgan fingerprint density at radius 3 is 2.76 bits per heavy atom. The normalized spacial score (nSPS) is 10.5. The number of fused-ring (bicyclic) bond motifs is 1. The monoisotopic (exact) mass is 282 g/mol. The van der Waals surface area contributed by atoms with Gasteiger partial charge in [-0.05, 0) is 29.8 Å². The molecule has 0 saturated carbocycles. The first kappa shape index (κ1) is 13.2. The van der Waals surface area contributed by atoms with E-state index in [0.717, 1.165) is 11.3 Å². The highest BCUT2D eigenvalue weighted by Crippen LogP contribution is 2.15. The molecule has 0 saturated heterocycles. The Balaban J connectivity index is 1.81. The number of ether oxygens (including phenoxy) is 2. The second-order valence-corrected chi connectivity index (χ2v) is 4.54. The number of hydrogen-bond acceptors (Lipinski definition) is 4. The molecule has 0 atom stereocenters. The van der Waals surface area contributed by atoms with Crippen molar-refractivity contribution in [2.24, 2.45) is 0 Å². The highest BCUT2D eigenvalue weighted by Gasteiger charge is 2.05. The van der Waals surface area contributed by atoms with Gasteiger partial charge in [-0.2, -0.15) is 0 Å². The maximum Gasteiger partial charge on any atom is 0.290 e. The van der Waals surface area contributed by atoms with Crippen molar-refractivity contribution in [3.05, 3.63) is 64.6 Å². The van der Waals surface area contributed by atoms with Crippen molar-refractivity contribution < 1.29 is 9.47 Å². The molecule has 1 aromatic carbocycles. The Labute approximate surface area is 121 Å². The molecule has 2 aromatic heterocycles. The second kappa shape index (κ2) is 5.66. The number of nitrogens with one attached hydrogen (secondary N) is 1. The minimum Gasteiger partial charge on any atom is -0.497 e. The first-order valence-corrected chi connectivity index (χ1v) is 6.50. The average Bonchev–Trinajstić information content (AvgIpc) is 2.53. The highest BCUT2D eigenvalue weighted by molar-refractivity contribution is 5.74. The van der Waals surface area contributed by atoms with Gasteiger partial charge in [-0.1, -0.05) is 12.1 Å². The van der Waals surface area contributed by atoms with E-state index in [0.29, 0.717) is 17.6 Å². The molecule has 0 fully saturated rings. The Hall–Kier alpha value is -2.82. The molecule has 3 rings (SSSR count). The smallest absolute Gasteiger partial charge is 0.290 e. The first-order chi connectivity index (χ1) is 10.3. The van der Waals surface area contributed by atoms with Crippen LogP contribution in [0.2, 0.25) is 0 Å². The van der Waals surface area contributed by atoms with E-state index in [1.165, 1.54) is 0 Å². The summed E-state index contributed by atoms with van der Waals surface area (Å²) >= 11 is 0. The van der Waals surface area contributed by atoms with Gasteiger partial charge in [-0.3, -0.25) is 9.78 Å². The topological polar surface area (TPSA) is 64.2 Å². The molecule has 0 spiro atoms. The number of methoxy groups -OCH3 is 1. The number of aromatic nitrogens is 2. The molecule has 0 aliphatic rings. The lowest BCUT2D eigenvalue weighted by Crippen LogP contribution is -2.11. The Bertz CT molecular complexity index is 810. The van der Waals surface area contributed by atoms with Crippen LogP contribution in [0.5, 0.6) is 11.5 Å². The van der Waals surface area contributed by atoms with Crippen LogP contribution in [0.25, 0.3) is 11.0 Å². The number of H-pyrrole nitrogens is 1. The molecule has 5 nitrogen and oxygen atoms in total. The van der Waals surface area contributed by atoms with Gasteiger partial charge in [0.15, 0.2) is 5.75 Å². The van der Waals surface area contributed by atoms with Gasteiger partial charge in [0.2, 0.25) is 0 Å². The number of hydrogen-bond donors (Lipinski definition) is 1. The molecule has 0 aliphatic carbocycles. The summed E-state index contributed by atoms with van der Waals surface area (Å²) < 4.78 is 10.7. The van der Waals surface area contributed by atoms with Gasteiger partial charge >= 0.3 is 0 Å². The van der Waals surface area contributed by atoms with E-state index in [-0.39, 0.29) is 11.3 Å². The highest BCUT2D eigenvalue weighted by atomic mass is 16.5. The Kier molecular flexibility index (Phi) is 3.55. The van der Waals surface area contributed by atoms with Crippen molar-refractivity contribution in [1.82, 2.24) is 9.97 Å². The lowest BCUT2D eigenvalue weighted by atomic mass is 10.2. The van der Waals surface area contributed by atoms with E-state index >= 15 is 0 Å². The molecule has 0 aliphatic heterocycles. The van der Waals surface area contributed by atoms with Gasteiger partial charge in [0.1, 0.15) is 12.4 Å². The van der Waals surface area contributed by atoms with Gasteiger partial charge in [-0.25, -0.2) is 0 Å². The fourth-order valence-electron chi connectivity index (χ4n) is 2.00. The molecule has 0 bridgehead atoms. The zero-order chi connectivity index (χ0) is 14.7. The van der Waals surface area contributed by atoms with E-state index in [4.69, 9.17) is 9.47 Å². The van der Waals surface area contributed by atoms with E-state index in [9.17, 15) is 4.79 Å². The standard InChI is InChI=1S/C16H14N2O3/c1-20-12-6-4-11(5-7-12)10-21-15-9-14-13(18-16(15)19)3-2-8-17-14/h2-9H,10H2,1H3,(H,18,19). The molecule has 0 radical (unpaired) electrons. The summed E-state index contributed by atoms with van der Waals surface area (Å²) in [5, 5.41) is 0. The van der Waals surface area contributed by atoms with Crippen molar-refractivity contribution in [2.45, 2.75) is 6.61 Å². The van der Waals surface area contributed by atoms with Crippen molar-refractivity contribution >= 4 is 11.0 Å². The van der Waals surface area contributed by atoms with Gasteiger partial charge < -0.3 is 14.5 Å². The molecule has 1 N–H and O–H groups in total. The first-order valence-electron chi connectivity index (χ1n) is 6.50. The van der Waals surface area contributed by atoms with Crippen LogP contribution in [0.4, 0.5) is 0 Å². The summed E-state index contributed by atoms with van der Waals surface area (Å²) in [4.78, 5) is 18.9. The fraction of sp³-hybridized carbons (Fsp3) is 0.125. The molecule has 106 valence electrons. The molecule has 5 heteroatoms. The van der Waals surface area contributed by atoms with E-state index < -0.39 is 0 Å². The predicted octanol–water partition coefficient (Wildman–Crippen LogP) is 2.51. The van der Waals surface area contributed by atoms with E-state index in [2.05, 4.69) is 9.97 Å².